The lowest BCUT2D eigenvalue weighted by Gasteiger charge is -2.10. The Balaban J connectivity index is 2.25. The van der Waals surface area contributed by atoms with E-state index in [9.17, 15) is 0 Å². The predicted molar refractivity (Wildman–Crippen MR) is 95.8 cm³/mol. The number of benzene rings is 2. The Bertz CT molecular complexity index is 905. The summed E-state index contributed by atoms with van der Waals surface area (Å²) in [4.78, 5) is 9.03. The van der Waals surface area contributed by atoms with Gasteiger partial charge in [-0.15, -0.1) is 0 Å². The van der Waals surface area contributed by atoms with Gasteiger partial charge in [0.1, 0.15) is 0 Å². The number of rotatable bonds is 3. The Morgan fingerprint density at radius 3 is 2.55 bits per heavy atom. The van der Waals surface area contributed by atoms with E-state index in [-0.39, 0.29) is 0 Å². The molecule has 1 aromatic heterocycles. The van der Waals surface area contributed by atoms with Gasteiger partial charge in [0.2, 0.25) is 0 Å². The van der Waals surface area contributed by atoms with Crippen molar-refractivity contribution in [2.24, 2.45) is 4.99 Å². The number of allylic oxidation sites excluding steroid dienone is 4. The first-order valence-corrected chi connectivity index (χ1v) is 7.20. The Morgan fingerprint density at radius 2 is 1.73 bits per heavy atom. The molecule has 22 heavy (non-hydrogen) atoms. The fourth-order valence-corrected chi connectivity index (χ4v) is 2.49. The molecule has 0 radical (unpaired) electrons. The second kappa shape index (κ2) is 6.22. The van der Waals surface area contributed by atoms with Crippen molar-refractivity contribution in [2.75, 3.05) is 5.73 Å². The largest absolute Gasteiger partial charge is 0.396 e. The highest BCUT2D eigenvalue weighted by Gasteiger charge is 2.11. The number of aromatic nitrogens is 1. The number of aliphatic imine (C=N–C) groups is 1. The minimum atomic E-state index is 0.664. The summed E-state index contributed by atoms with van der Waals surface area (Å²) < 4.78 is 0. The van der Waals surface area contributed by atoms with E-state index in [1.807, 2.05) is 61.6 Å². The van der Waals surface area contributed by atoms with Crippen molar-refractivity contribution in [1.29, 1.82) is 0 Å². The standard InChI is InChI=1S/C19H17N3/c1-2-3-4-7-12-22-19-15-10-6-5-9-14(15)18-16(17(19)20)11-8-13-21-18/h2-13H,20H2,1H3/b3-2-,7-4-,22-12?. The lowest BCUT2D eigenvalue weighted by molar-refractivity contribution is 1.42. The number of pyridine rings is 1. The lowest BCUT2D eigenvalue weighted by atomic mass is 10.0. The molecule has 1 heterocycles. The zero-order valence-electron chi connectivity index (χ0n) is 12.4. The second-order valence-electron chi connectivity index (χ2n) is 4.90. The van der Waals surface area contributed by atoms with Crippen LogP contribution in [0.5, 0.6) is 0 Å². The molecule has 2 aromatic carbocycles. The minimum Gasteiger partial charge on any atom is -0.396 e. The van der Waals surface area contributed by atoms with E-state index in [0.717, 1.165) is 27.4 Å². The molecule has 3 nitrogen and oxygen atoms in total. The van der Waals surface area contributed by atoms with Crippen molar-refractivity contribution in [3.63, 3.8) is 0 Å². The van der Waals surface area contributed by atoms with Crippen LogP contribution in [0.1, 0.15) is 6.92 Å². The van der Waals surface area contributed by atoms with E-state index in [0.29, 0.717) is 5.69 Å². The molecular formula is C19H17N3. The van der Waals surface area contributed by atoms with E-state index in [2.05, 4.69) is 16.0 Å². The van der Waals surface area contributed by atoms with E-state index in [1.165, 1.54) is 0 Å². The molecule has 0 atom stereocenters. The van der Waals surface area contributed by atoms with Gasteiger partial charge in [0.25, 0.3) is 0 Å². The SMILES string of the molecule is C/C=C\C=C/C=Nc1c(N)c2cccnc2c2ccccc12. The van der Waals surface area contributed by atoms with Crippen LogP contribution in [0.2, 0.25) is 0 Å². The van der Waals surface area contributed by atoms with Gasteiger partial charge in [0, 0.05) is 28.6 Å². The highest BCUT2D eigenvalue weighted by Crippen LogP contribution is 2.38. The number of hydrogen-bond acceptors (Lipinski definition) is 3. The van der Waals surface area contributed by atoms with Gasteiger partial charge in [-0.1, -0.05) is 42.5 Å². The number of fused-ring (bicyclic) bond motifs is 3. The number of anilines is 1. The van der Waals surface area contributed by atoms with Gasteiger partial charge in [-0.2, -0.15) is 0 Å². The number of nitrogen functional groups attached to an aromatic ring is 1. The van der Waals surface area contributed by atoms with Crippen molar-refractivity contribution < 1.29 is 0 Å². The summed E-state index contributed by atoms with van der Waals surface area (Å²) in [6.07, 6.45) is 11.3. The summed E-state index contributed by atoms with van der Waals surface area (Å²) in [6, 6.07) is 12.0. The summed E-state index contributed by atoms with van der Waals surface area (Å²) in [5.41, 5.74) is 8.71. The fourth-order valence-electron chi connectivity index (χ4n) is 2.49. The first-order valence-electron chi connectivity index (χ1n) is 7.20. The third kappa shape index (κ3) is 2.49. The third-order valence-corrected chi connectivity index (χ3v) is 3.49. The van der Waals surface area contributed by atoms with Gasteiger partial charge in [0.05, 0.1) is 16.9 Å². The molecule has 0 spiro atoms. The molecule has 0 fully saturated rings. The van der Waals surface area contributed by atoms with Crippen LogP contribution in [0.3, 0.4) is 0 Å². The van der Waals surface area contributed by atoms with Crippen molar-refractivity contribution in [3.05, 3.63) is 66.9 Å². The zero-order chi connectivity index (χ0) is 15.4. The molecule has 0 aliphatic carbocycles. The summed E-state index contributed by atoms with van der Waals surface area (Å²) in [7, 11) is 0. The van der Waals surface area contributed by atoms with Gasteiger partial charge < -0.3 is 5.73 Å². The van der Waals surface area contributed by atoms with Crippen LogP contribution in [0, 0.1) is 0 Å². The van der Waals surface area contributed by atoms with Crippen LogP contribution in [0.15, 0.2) is 71.9 Å². The average molecular weight is 287 g/mol. The lowest BCUT2D eigenvalue weighted by Crippen LogP contribution is -1.92. The summed E-state index contributed by atoms with van der Waals surface area (Å²) >= 11 is 0. The second-order valence-corrected chi connectivity index (χ2v) is 4.90. The maximum atomic E-state index is 6.33. The number of nitrogens with zero attached hydrogens (tertiary/aromatic N) is 2. The molecule has 3 rings (SSSR count). The van der Waals surface area contributed by atoms with E-state index in [4.69, 9.17) is 5.73 Å². The summed E-state index contributed by atoms with van der Waals surface area (Å²) in [6.45, 7) is 1.98. The molecule has 0 saturated heterocycles. The van der Waals surface area contributed by atoms with Gasteiger partial charge >= 0.3 is 0 Å². The van der Waals surface area contributed by atoms with Crippen LogP contribution in [-0.2, 0) is 0 Å². The highest BCUT2D eigenvalue weighted by molar-refractivity contribution is 6.17. The first kappa shape index (κ1) is 14.0. The van der Waals surface area contributed by atoms with Gasteiger partial charge in [0.15, 0.2) is 0 Å². The maximum Gasteiger partial charge on any atom is 0.0944 e. The zero-order valence-corrected chi connectivity index (χ0v) is 12.4. The van der Waals surface area contributed by atoms with Crippen molar-refractivity contribution in [1.82, 2.24) is 4.98 Å². The molecular weight excluding hydrogens is 270 g/mol. The van der Waals surface area contributed by atoms with Crippen LogP contribution >= 0.6 is 0 Å². The smallest absolute Gasteiger partial charge is 0.0944 e. The average Bonchev–Trinajstić information content (AvgIpc) is 2.57. The molecule has 0 aliphatic heterocycles. The molecule has 0 aliphatic rings. The van der Waals surface area contributed by atoms with Crippen LogP contribution in [-0.4, -0.2) is 11.2 Å². The van der Waals surface area contributed by atoms with Crippen molar-refractivity contribution >= 4 is 39.3 Å². The molecule has 0 saturated carbocycles. The van der Waals surface area contributed by atoms with E-state index < -0.39 is 0 Å². The predicted octanol–water partition coefficient (Wildman–Crippen LogP) is 4.80. The Hall–Kier alpha value is -2.94. The van der Waals surface area contributed by atoms with Crippen LogP contribution in [0.4, 0.5) is 11.4 Å². The summed E-state index contributed by atoms with van der Waals surface area (Å²) in [5, 5.41) is 3.02. The topological polar surface area (TPSA) is 51.3 Å². The molecule has 0 unspecified atom stereocenters. The van der Waals surface area contributed by atoms with Crippen LogP contribution in [0.25, 0.3) is 21.7 Å². The molecule has 0 amide bonds. The van der Waals surface area contributed by atoms with Crippen molar-refractivity contribution in [3.8, 4) is 0 Å². The molecule has 2 N–H and O–H groups in total. The number of nitrogens with two attached hydrogens (primary N) is 1. The monoisotopic (exact) mass is 287 g/mol. The van der Waals surface area contributed by atoms with Crippen molar-refractivity contribution in [2.45, 2.75) is 6.92 Å². The molecule has 3 heteroatoms. The summed E-state index contributed by atoms with van der Waals surface area (Å²) in [5.74, 6) is 0. The maximum absolute atomic E-state index is 6.33. The van der Waals surface area contributed by atoms with Crippen LogP contribution < -0.4 is 5.73 Å². The Labute approximate surface area is 129 Å². The number of hydrogen-bond donors (Lipinski definition) is 1. The quantitative estimate of drug-likeness (QED) is 0.325. The normalized spacial score (nSPS) is 12.4. The van der Waals surface area contributed by atoms with E-state index >= 15 is 0 Å². The molecule has 0 bridgehead atoms. The van der Waals surface area contributed by atoms with E-state index in [1.54, 1.807) is 12.4 Å². The first-order chi connectivity index (χ1) is 10.8. The van der Waals surface area contributed by atoms with Gasteiger partial charge in [-0.05, 0) is 25.1 Å². The fraction of sp³-hybridized carbons (Fsp3) is 0.0526. The molecule has 108 valence electrons. The Morgan fingerprint density at radius 1 is 0.955 bits per heavy atom. The molecule has 3 aromatic rings. The highest BCUT2D eigenvalue weighted by atomic mass is 14.8. The Kier molecular flexibility index (Phi) is 3.97. The van der Waals surface area contributed by atoms with Gasteiger partial charge in [-0.25, -0.2) is 0 Å². The third-order valence-electron chi connectivity index (χ3n) is 3.49. The minimum absolute atomic E-state index is 0.664. The van der Waals surface area contributed by atoms with Gasteiger partial charge in [-0.3, -0.25) is 9.98 Å².